The maximum atomic E-state index is 13.5. The summed E-state index contributed by atoms with van der Waals surface area (Å²) >= 11 is 0. The number of ether oxygens (including phenoxy) is 2. The Bertz CT molecular complexity index is 1490. The number of hydrogen-bond acceptors (Lipinski definition) is 8. The summed E-state index contributed by atoms with van der Waals surface area (Å²) in [6, 6.07) is -0.926. The number of carbonyl (C=O) groups excluding carboxylic acids is 2. The van der Waals surface area contributed by atoms with Gasteiger partial charge in [0.05, 0.1) is 10.9 Å². The number of guanidine groups is 1. The Balaban J connectivity index is 1.72. The molecule has 1 aliphatic heterocycles. The summed E-state index contributed by atoms with van der Waals surface area (Å²) in [6.07, 6.45) is 4.40. The van der Waals surface area contributed by atoms with E-state index in [0.717, 1.165) is 23.3 Å². The Kier molecular flexibility index (Phi) is 9.65. The van der Waals surface area contributed by atoms with E-state index in [1.807, 2.05) is 20.8 Å². The zero-order chi connectivity index (χ0) is 31.6. The molecule has 1 aromatic carbocycles. The number of imidazole rings is 1. The molecular formula is C29H44N6O6S. The van der Waals surface area contributed by atoms with Crippen LogP contribution in [0.2, 0.25) is 0 Å². The molecule has 13 heteroatoms. The molecule has 0 saturated heterocycles. The smallest absolute Gasteiger partial charge is 0.408 e. The summed E-state index contributed by atoms with van der Waals surface area (Å²) in [5.41, 5.74) is 7.82. The number of ketones is 1. The van der Waals surface area contributed by atoms with E-state index in [2.05, 4.69) is 20.0 Å². The first-order chi connectivity index (χ1) is 19.3. The van der Waals surface area contributed by atoms with Crippen LogP contribution in [0.3, 0.4) is 0 Å². The zero-order valence-corrected chi connectivity index (χ0v) is 26.9. The van der Waals surface area contributed by atoms with Crippen LogP contribution in [0.1, 0.15) is 86.8 Å². The van der Waals surface area contributed by atoms with E-state index >= 15 is 0 Å². The third-order valence-corrected chi connectivity index (χ3v) is 8.78. The average molecular weight is 605 g/mol. The minimum absolute atomic E-state index is 0.110. The van der Waals surface area contributed by atoms with Gasteiger partial charge in [-0.15, -0.1) is 0 Å². The van der Waals surface area contributed by atoms with Gasteiger partial charge < -0.3 is 25.1 Å². The van der Waals surface area contributed by atoms with Crippen molar-refractivity contribution in [2.45, 2.75) is 103 Å². The van der Waals surface area contributed by atoms with Gasteiger partial charge in [0.25, 0.3) is 10.0 Å². The second-order valence-electron chi connectivity index (χ2n) is 12.3. The first-order valence-electron chi connectivity index (χ1n) is 14.0. The lowest BCUT2D eigenvalue weighted by molar-refractivity contribution is 0.0487. The highest BCUT2D eigenvalue weighted by Crippen LogP contribution is 2.42. The van der Waals surface area contributed by atoms with Crippen LogP contribution in [0.5, 0.6) is 5.75 Å². The molecular weight excluding hydrogens is 560 g/mol. The molecule has 12 nitrogen and oxygen atoms in total. The molecule has 232 valence electrons. The van der Waals surface area contributed by atoms with Crippen LogP contribution in [0.25, 0.3) is 0 Å². The number of benzene rings is 1. The van der Waals surface area contributed by atoms with E-state index in [9.17, 15) is 18.0 Å². The molecule has 0 saturated carbocycles. The van der Waals surface area contributed by atoms with Gasteiger partial charge in [-0.3, -0.25) is 9.79 Å². The van der Waals surface area contributed by atoms with Crippen molar-refractivity contribution >= 4 is 27.9 Å². The van der Waals surface area contributed by atoms with E-state index in [4.69, 9.17) is 15.2 Å². The Morgan fingerprint density at radius 1 is 1.21 bits per heavy atom. The number of hydrogen-bond donors (Lipinski definition) is 3. The van der Waals surface area contributed by atoms with Crippen LogP contribution in [-0.4, -0.2) is 59.6 Å². The molecule has 1 amide bonds. The highest BCUT2D eigenvalue weighted by molar-refractivity contribution is 7.90. The number of nitrogens with zero attached hydrogens (tertiary/aromatic N) is 3. The zero-order valence-electron chi connectivity index (χ0n) is 26.0. The van der Waals surface area contributed by atoms with Gasteiger partial charge in [-0.25, -0.2) is 22.9 Å². The molecule has 1 atom stereocenters. The number of nitrogens with two attached hydrogens (primary N) is 1. The maximum absolute atomic E-state index is 13.5. The number of rotatable bonds is 9. The normalized spacial score (nSPS) is 15.8. The SMILES string of the molecule is Cc1c(C)c(S(=O)(=O)NC(N)=NCCC[C@@H](NC(=O)OC(C)(C)C)C(=O)c2nccn2C)c(C)c2c1OC(C)(C)CC2. The fourth-order valence-corrected chi connectivity index (χ4v) is 6.47. The number of aliphatic imine (C=N–C) groups is 1. The summed E-state index contributed by atoms with van der Waals surface area (Å²) in [7, 11) is -2.36. The molecule has 3 rings (SSSR count). The Morgan fingerprint density at radius 3 is 2.48 bits per heavy atom. The van der Waals surface area contributed by atoms with Crippen LogP contribution in [0.4, 0.5) is 4.79 Å². The van der Waals surface area contributed by atoms with Crippen molar-refractivity contribution in [2.24, 2.45) is 17.8 Å². The first kappa shape index (κ1) is 32.9. The van der Waals surface area contributed by atoms with Crippen LogP contribution in [0, 0.1) is 20.8 Å². The topological polar surface area (TPSA) is 167 Å². The summed E-state index contributed by atoms with van der Waals surface area (Å²) in [5.74, 6) is 0.282. The summed E-state index contributed by atoms with van der Waals surface area (Å²) in [4.78, 5) is 34.0. The molecule has 4 N–H and O–H groups in total. The molecule has 0 fully saturated rings. The van der Waals surface area contributed by atoms with Gasteiger partial charge in [0.2, 0.25) is 11.7 Å². The molecule has 0 aliphatic carbocycles. The van der Waals surface area contributed by atoms with Crippen molar-refractivity contribution in [2.75, 3.05) is 6.54 Å². The van der Waals surface area contributed by atoms with E-state index in [0.29, 0.717) is 24.0 Å². The standard InChI is InChI=1S/C29H44N6O6S/c1-17-18(2)24(19(3)20-12-13-29(7,8)40-23(17)20)42(38,39)34-26(30)32-14-10-11-21(33-27(37)41-28(4,5)6)22(36)25-31-15-16-35(25)9/h15-16,21H,10-14H2,1-9H3,(H,33,37)(H3,30,32,34)/t21-/m1/s1. The van der Waals surface area contributed by atoms with Gasteiger partial charge >= 0.3 is 6.09 Å². The van der Waals surface area contributed by atoms with E-state index in [1.165, 1.54) is 6.20 Å². The number of nitrogens with one attached hydrogen (secondary N) is 2. The number of carbonyl (C=O) groups is 2. The third kappa shape index (κ3) is 7.81. The molecule has 1 aliphatic rings. The maximum Gasteiger partial charge on any atom is 0.408 e. The Hall–Kier alpha value is -3.61. The summed E-state index contributed by atoms with van der Waals surface area (Å²) < 4.78 is 42.4. The summed E-state index contributed by atoms with van der Waals surface area (Å²) in [5, 5.41) is 2.62. The molecule has 2 aromatic rings. The van der Waals surface area contributed by atoms with Crippen molar-refractivity contribution in [1.82, 2.24) is 19.6 Å². The van der Waals surface area contributed by atoms with E-state index in [-0.39, 0.29) is 41.0 Å². The van der Waals surface area contributed by atoms with Crippen molar-refractivity contribution in [1.29, 1.82) is 0 Å². The Labute approximate surface area is 248 Å². The largest absolute Gasteiger partial charge is 0.487 e. The van der Waals surface area contributed by atoms with Gasteiger partial charge in [0, 0.05) is 26.0 Å². The van der Waals surface area contributed by atoms with E-state index in [1.54, 1.807) is 52.4 Å². The molecule has 0 radical (unpaired) electrons. The molecule has 2 heterocycles. The van der Waals surface area contributed by atoms with Crippen molar-refractivity contribution in [3.8, 4) is 5.75 Å². The lowest BCUT2D eigenvalue weighted by Gasteiger charge is -2.35. The quantitative estimate of drug-likeness (QED) is 0.169. The average Bonchev–Trinajstić information content (AvgIpc) is 3.27. The van der Waals surface area contributed by atoms with Gasteiger partial charge in [-0.1, -0.05) is 0 Å². The minimum atomic E-state index is -4.04. The minimum Gasteiger partial charge on any atom is -0.487 e. The third-order valence-electron chi connectivity index (χ3n) is 7.16. The number of amides is 1. The number of alkyl carbamates (subject to hydrolysis) is 1. The van der Waals surface area contributed by atoms with Crippen LogP contribution in [-0.2, 0) is 28.2 Å². The molecule has 0 spiro atoms. The van der Waals surface area contributed by atoms with Crippen LogP contribution >= 0.6 is 0 Å². The molecule has 0 bridgehead atoms. The molecule has 1 aromatic heterocycles. The summed E-state index contributed by atoms with van der Waals surface area (Å²) in [6.45, 7) is 14.7. The lowest BCUT2D eigenvalue weighted by atomic mass is 9.88. The predicted molar refractivity (Wildman–Crippen MR) is 160 cm³/mol. The van der Waals surface area contributed by atoms with E-state index < -0.39 is 27.8 Å². The predicted octanol–water partition coefficient (Wildman–Crippen LogP) is 3.60. The van der Waals surface area contributed by atoms with Crippen LogP contribution in [0.15, 0.2) is 22.3 Å². The molecule has 42 heavy (non-hydrogen) atoms. The number of Topliss-reactive ketones (excluding diaryl/α,β-unsaturated/α-hetero) is 1. The highest BCUT2D eigenvalue weighted by Gasteiger charge is 2.34. The highest BCUT2D eigenvalue weighted by atomic mass is 32.2. The second-order valence-corrected chi connectivity index (χ2v) is 13.9. The van der Waals surface area contributed by atoms with Crippen molar-refractivity contribution < 1.29 is 27.5 Å². The first-order valence-corrected chi connectivity index (χ1v) is 15.5. The van der Waals surface area contributed by atoms with Crippen molar-refractivity contribution in [3.63, 3.8) is 0 Å². The van der Waals surface area contributed by atoms with Gasteiger partial charge in [0.15, 0.2) is 5.82 Å². The number of aromatic nitrogens is 2. The monoisotopic (exact) mass is 604 g/mol. The second kappa shape index (κ2) is 12.3. The Morgan fingerprint density at radius 2 is 1.88 bits per heavy atom. The number of fused-ring (bicyclic) bond motifs is 1. The van der Waals surface area contributed by atoms with Gasteiger partial charge in [-0.2, -0.15) is 0 Å². The molecule has 0 unspecified atom stereocenters. The number of sulfonamides is 1. The van der Waals surface area contributed by atoms with Crippen LogP contribution < -0.4 is 20.5 Å². The number of aryl methyl sites for hydroxylation is 1. The van der Waals surface area contributed by atoms with Gasteiger partial charge in [0.1, 0.15) is 17.0 Å². The fourth-order valence-electron chi connectivity index (χ4n) is 4.94. The van der Waals surface area contributed by atoms with Gasteiger partial charge in [-0.05, 0) is 103 Å². The van der Waals surface area contributed by atoms with Crippen molar-refractivity contribution in [3.05, 3.63) is 40.5 Å². The lowest BCUT2D eigenvalue weighted by Crippen LogP contribution is -2.44. The fraction of sp³-hybridized carbons (Fsp3) is 0.586.